The van der Waals surface area contributed by atoms with Crippen molar-refractivity contribution >= 4 is 23.0 Å². The van der Waals surface area contributed by atoms with E-state index in [-0.39, 0.29) is 24.2 Å². The number of nitrogens with zero attached hydrogens (tertiary/aromatic N) is 2. The number of benzene rings is 1. The van der Waals surface area contributed by atoms with Crippen molar-refractivity contribution in [3.8, 4) is 0 Å². The maximum absolute atomic E-state index is 12.3. The molecule has 3 N–H and O–H groups in total. The van der Waals surface area contributed by atoms with Gasteiger partial charge in [0.1, 0.15) is 0 Å². The lowest BCUT2D eigenvalue weighted by atomic mass is 10.0. The molecule has 0 bridgehead atoms. The van der Waals surface area contributed by atoms with Crippen molar-refractivity contribution in [3.05, 3.63) is 34.7 Å². The Morgan fingerprint density at radius 3 is 2.68 bits per heavy atom. The molecule has 0 spiro atoms. The molecule has 3 rings (SSSR count). The molecule has 0 unspecified atom stereocenters. The number of piperidine rings is 1. The summed E-state index contributed by atoms with van der Waals surface area (Å²) in [6, 6.07) is 7.32. The zero-order chi connectivity index (χ0) is 17.8. The highest BCUT2D eigenvalue weighted by molar-refractivity contribution is 5.95. The number of imide groups is 1. The third-order valence-corrected chi connectivity index (χ3v) is 4.50. The molecule has 25 heavy (non-hydrogen) atoms. The lowest BCUT2D eigenvalue weighted by molar-refractivity contribution is -0.121. The molecule has 2 heterocycles. The predicted octanol–water partition coefficient (Wildman–Crippen LogP) is 0.812. The van der Waals surface area contributed by atoms with Crippen molar-refractivity contribution in [2.45, 2.75) is 25.8 Å². The summed E-state index contributed by atoms with van der Waals surface area (Å²) < 4.78 is 1.82. The van der Waals surface area contributed by atoms with E-state index in [2.05, 4.69) is 15.6 Å². The second kappa shape index (κ2) is 7.52. The molecule has 1 aromatic carbocycles. The van der Waals surface area contributed by atoms with E-state index in [9.17, 15) is 14.4 Å². The number of para-hydroxylation sites is 2. The van der Waals surface area contributed by atoms with Gasteiger partial charge in [0.05, 0.1) is 17.6 Å². The van der Waals surface area contributed by atoms with Crippen LogP contribution in [-0.4, -0.2) is 52.6 Å². The molecular weight excluding hydrogens is 322 g/mol. The zero-order valence-electron chi connectivity index (χ0n) is 14.2. The maximum atomic E-state index is 12.3. The van der Waals surface area contributed by atoms with E-state index in [1.165, 1.54) is 0 Å². The fourth-order valence-electron chi connectivity index (χ4n) is 3.35. The van der Waals surface area contributed by atoms with Gasteiger partial charge in [-0.05, 0) is 31.9 Å². The van der Waals surface area contributed by atoms with Gasteiger partial charge in [0.15, 0.2) is 0 Å². The Balaban J connectivity index is 1.58. The van der Waals surface area contributed by atoms with E-state index in [0.717, 1.165) is 23.9 Å². The van der Waals surface area contributed by atoms with Crippen LogP contribution in [0.25, 0.3) is 11.0 Å². The summed E-state index contributed by atoms with van der Waals surface area (Å²) in [6.45, 7) is 3.87. The Bertz CT molecular complexity index is 817. The molecule has 1 fully saturated rings. The third kappa shape index (κ3) is 3.90. The molecule has 3 amide bonds. The summed E-state index contributed by atoms with van der Waals surface area (Å²) >= 11 is 0. The first kappa shape index (κ1) is 17.2. The second-order valence-corrected chi connectivity index (χ2v) is 6.23. The number of rotatable bonds is 4. The molecule has 1 aliphatic heterocycles. The van der Waals surface area contributed by atoms with Crippen molar-refractivity contribution < 1.29 is 9.59 Å². The molecule has 8 heteroatoms. The van der Waals surface area contributed by atoms with Crippen LogP contribution in [0.1, 0.15) is 25.8 Å². The Kier molecular flexibility index (Phi) is 5.18. The SMILES string of the molecule is CCNC(=O)NC(=O)CN1CCC(n2c(=O)[nH]c3ccccc32)CC1. The van der Waals surface area contributed by atoms with Gasteiger partial charge in [0.25, 0.3) is 0 Å². The van der Waals surface area contributed by atoms with Gasteiger partial charge in [0, 0.05) is 25.7 Å². The molecular formula is C17H23N5O3. The molecule has 0 atom stereocenters. The fourth-order valence-corrected chi connectivity index (χ4v) is 3.35. The first-order chi connectivity index (χ1) is 12.1. The number of imidazole rings is 1. The van der Waals surface area contributed by atoms with Crippen LogP contribution in [0.15, 0.2) is 29.1 Å². The summed E-state index contributed by atoms with van der Waals surface area (Å²) in [4.78, 5) is 40.4. The molecule has 1 saturated heterocycles. The van der Waals surface area contributed by atoms with E-state index in [1.807, 2.05) is 33.7 Å². The minimum Gasteiger partial charge on any atom is -0.338 e. The minimum atomic E-state index is -0.465. The van der Waals surface area contributed by atoms with Crippen LogP contribution in [0, 0.1) is 0 Å². The number of hydrogen-bond donors (Lipinski definition) is 3. The number of nitrogens with one attached hydrogen (secondary N) is 3. The third-order valence-electron chi connectivity index (χ3n) is 4.50. The van der Waals surface area contributed by atoms with Gasteiger partial charge < -0.3 is 10.3 Å². The van der Waals surface area contributed by atoms with Crippen LogP contribution in [-0.2, 0) is 4.79 Å². The molecule has 134 valence electrons. The van der Waals surface area contributed by atoms with Crippen molar-refractivity contribution in [1.82, 2.24) is 25.1 Å². The van der Waals surface area contributed by atoms with Crippen LogP contribution in [0.4, 0.5) is 4.79 Å². The summed E-state index contributed by atoms with van der Waals surface area (Å²) in [7, 11) is 0. The minimum absolute atomic E-state index is 0.0892. The van der Waals surface area contributed by atoms with E-state index >= 15 is 0 Å². The van der Waals surface area contributed by atoms with Crippen LogP contribution in [0.5, 0.6) is 0 Å². The highest BCUT2D eigenvalue weighted by atomic mass is 16.2. The van der Waals surface area contributed by atoms with Crippen molar-refractivity contribution in [1.29, 1.82) is 0 Å². The quantitative estimate of drug-likeness (QED) is 0.764. The number of hydrogen-bond acceptors (Lipinski definition) is 4. The Morgan fingerprint density at radius 2 is 1.96 bits per heavy atom. The monoisotopic (exact) mass is 345 g/mol. The van der Waals surface area contributed by atoms with Gasteiger partial charge in [-0.25, -0.2) is 9.59 Å². The van der Waals surface area contributed by atoms with Crippen LogP contribution < -0.4 is 16.3 Å². The predicted molar refractivity (Wildman–Crippen MR) is 94.5 cm³/mol. The van der Waals surface area contributed by atoms with Gasteiger partial charge in [0.2, 0.25) is 5.91 Å². The van der Waals surface area contributed by atoms with Crippen molar-refractivity contribution in [3.63, 3.8) is 0 Å². The average Bonchev–Trinajstić information content (AvgIpc) is 2.91. The number of carbonyl (C=O) groups is 2. The Labute approximate surface area is 145 Å². The summed E-state index contributed by atoms with van der Waals surface area (Å²) in [5, 5.41) is 4.84. The number of aromatic amines is 1. The molecule has 0 saturated carbocycles. The van der Waals surface area contributed by atoms with Crippen LogP contribution in [0.2, 0.25) is 0 Å². The number of amides is 3. The number of fused-ring (bicyclic) bond motifs is 1. The first-order valence-electron chi connectivity index (χ1n) is 8.57. The highest BCUT2D eigenvalue weighted by Crippen LogP contribution is 2.24. The van der Waals surface area contributed by atoms with Gasteiger partial charge >= 0.3 is 11.7 Å². The van der Waals surface area contributed by atoms with Gasteiger partial charge in [-0.15, -0.1) is 0 Å². The molecule has 1 aromatic heterocycles. The van der Waals surface area contributed by atoms with Crippen LogP contribution in [0.3, 0.4) is 0 Å². The van der Waals surface area contributed by atoms with Crippen molar-refractivity contribution in [2.75, 3.05) is 26.2 Å². The van der Waals surface area contributed by atoms with E-state index in [1.54, 1.807) is 6.92 Å². The van der Waals surface area contributed by atoms with E-state index in [4.69, 9.17) is 0 Å². The van der Waals surface area contributed by atoms with Gasteiger partial charge in [-0.1, -0.05) is 12.1 Å². The zero-order valence-corrected chi connectivity index (χ0v) is 14.2. The molecule has 0 radical (unpaired) electrons. The van der Waals surface area contributed by atoms with Crippen LogP contribution >= 0.6 is 0 Å². The molecule has 2 aromatic rings. The normalized spacial score (nSPS) is 16.0. The smallest absolute Gasteiger partial charge is 0.326 e. The second-order valence-electron chi connectivity index (χ2n) is 6.23. The standard InChI is InChI=1S/C17H23N5O3/c1-2-18-16(24)20-15(23)11-21-9-7-12(8-10-21)22-14-6-4-3-5-13(14)19-17(22)25/h3-6,12H,2,7-11H2,1H3,(H,19,25)(H2,18,20,23,24). The lowest BCUT2D eigenvalue weighted by Gasteiger charge is -2.31. The molecule has 8 nitrogen and oxygen atoms in total. The number of carbonyl (C=O) groups excluding carboxylic acids is 2. The average molecular weight is 345 g/mol. The fraction of sp³-hybridized carbons (Fsp3) is 0.471. The highest BCUT2D eigenvalue weighted by Gasteiger charge is 2.24. The summed E-state index contributed by atoms with van der Waals surface area (Å²) in [5.74, 6) is -0.311. The Hall–Kier alpha value is -2.61. The summed E-state index contributed by atoms with van der Waals surface area (Å²) in [6.07, 6.45) is 1.58. The number of H-pyrrole nitrogens is 1. The van der Waals surface area contributed by atoms with Gasteiger partial charge in [-0.2, -0.15) is 0 Å². The Morgan fingerprint density at radius 1 is 1.24 bits per heavy atom. The first-order valence-corrected chi connectivity index (χ1v) is 8.57. The number of likely N-dealkylation sites (tertiary alicyclic amines) is 1. The number of urea groups is 1. The molecule has 0 aliphatic carbocycles. The number of aromatic nitrogens is 2. The topological polar surface area (TPSA) is 99.2 Å². The van der Waals surface area contributed by atoms with Gasteiger partial charge in [-0.3, -0.25) is 19.6 Å². The van der Waals surface area contributed by atoms with Crippen molar-refractivity contribution in [2.24, 2.45) is 0 Å². The maximum Gasteiger partial charge on any atom is 0.326 e. The summed E-state index contributed by atoms with van der Waals surface area (Å²) in [5.41, 5.74) is 1.67. The molecule has 1 aliphatic rings. The van der Waals surface area contributed by atoms with E-state index < -0.39 is 6.03 Å². The largest absolute Gasteiger partial charge is 0.338 e. The van der Waals surface area contributed by atoms with E-state index in [0.29, 0.717) is 19.6 Å². The lowest BCUT2D eigenvalue weighted by Crippen LogP contribution is -2.46.